The Morgan fingerprint density at radius 2 is 1.60 bits per heavy atom. The molecule has 0 aliphatic heterocycles. The van der Waals surface area contributed by atoms with Crippen molar-refractivity contribution in [1.29, 1.82) is 0 Å². The first-order valence-corrected chi connectivity index (χ1v) is 13.4. The molecule has 4 heteroatoms. The van der Waals surface area contributed by atoms with Gasteiger partial charge in [0.15, 0.2) is 0 Å². The molecule has 78 valence electrons. The predicted molar refractivity (Wildman–Crippen MR) is 60.8 cm³/mol. The molecule has 0 unspecified atom stereocenters. The Kier molecular flexibility index (Phi) is 3.71. The third-order valence-electron chi connectivity index (χ3n) is 2.13. The van der Waals surface area contributed by atoms with Crippen LogP contribution >= 0.6 is 17.0 Å². The van der Waals surface area contributed by atoms with Crippen LogP contribution in [-0.2, 0) is 18.3 Å². The molecule has 1 aromatic rings. The summed E-state index contributed by atoms with van der Waals surface area (Å²) in [7, 11) is 12.7. The molecule has 1 nitrogen and oxygen atoms in total. The van der Waals surface area contributed by atoms with Crippen molar-refractivity contribution >= 4 is 17.0 Å². The molecular weight excluding hydrogens is 310 g/mol. The zero-order chi connectivity index (χ0) is 10.7. The summed E-state index contributed by atoms with van der Waals surface area (Å²) < 4.78 is 5.82. The van der Waals surface area contributed by atoms with Gasteiger partial charge >= 0.3 is 102 Å². The van der Waals surface area contributed by atoms with Crippen molar-refractivity contribution in [3.8, 4) is 5.75 Å². The van der Waals surface area contributed by atoms with E-state index in [-0.39, 0.29) is 3.63 Å². The maximum absolute atomic E-state index is 6.33. The molecule has 2 rings (SSSR count). The molecule has 0 atom stereocenters. The fraction of sp³-hybridized carbons (Fsp3) is 0.0909. The average Bonchev–Trinajstić information content (AvgIpc) is 2.71. The third-order valence-corrected chi connectivity index (χ3v) is 10.1. The van der Waals surface area contributed by atoms with E-state index in [1.807, 2.05) is 54.6 Å². The number of allylic oxidation sites excluding steroid dienone is 4. The molecule has 0 saturated carbocycles. The van der Waals surface area contributed by atoms with Crippen LogP contribution in [0.5, 0.6) is 5.75 Å². The summed E-state index contributed by atoms with van der Waals surface area (Å²) in [6, 6.07) is 9.50. The minimum atomic E-state index is -3.51. The summed E-state index contributed by atoms with van der Waals surface area (Å²) in [5.41, 5.74) is 0. The molecule has 0 amide bonds. The van der Waals surface area contributed by atoms with E-state index in [4.69, 9.17) is 19.8 Å². The minimum absolute atomic E-state index is 0.0999. The van der Waals surface area contributed by atoms with E-state index < -0.39 is 18.3 Å². The second kappa shape index (κ2) is 4.86. The predicted octanol–water partition coefficient (Wildman–Crippen LogP) is 4.36. The Balaban J connectivity index is 2.10. The molecule has 0 bridgehead atoms. The van der Waals surface area contributed by atoms with E-state index in [0.717, 1.165) is 5.75 Å². The number of hydrogen-bond donors (Lipinski definition) is 0. The van der Waals surface area contributed by atoms with Gasteiger partial charge in [-0.15, -0.1) is 0 Å². The van der Waals surface area contributed by atoms with E-state index >= 15 is 0 Å². The molecule has 1 aliphatic rings. The Hall–Kier alpha value is -0.0369. The monoisotopic (exact) mass is 318 g/mol. The van der Waals surface area contributed by atoms with Crippen LogP contribution in [0.25, 0.3) is 0 Å². The topological polar surface area (TPSA) is 9.23 Å². The van der Waals surface area contributed by atoms with Crippen LogP contribution in [0.4, 0.5) is 0 Å². The number of hydrogen-bond acceptors (Lipinski definition) is 1. The zero-order valence-electron chi connectivity index (χ0n) is 7.94. The summed E-state index contributed by atoms with van der Waals surface area (Å²) in [5, 5.41) is 0. The van der Waals surface area contributed by atoms with Gasteiger partial charge in [-0.25, -0.2) is 0 Å². The van der Waals surface area contributed by atoms with Gasteiger partial charge in [0.05, 0.1) is 0 Å². The van der Waals surface area contributed by atoms with Crippen molar-refractivity contribution in [2.24, 2.45) is 0 Å². The van der Waals surface area contributed by atoms with Gasteiger partial charge in [0.25, 0.3) is 0 Å². The Morgan fingerprint density at radius 1 is 1.00 bits per heavy atom. The molecule has 0 aromatic heterocycles. The quantitative estimate of drug-likeness (QED) is 0.804. The Labute approximate surface area is 101 Å². The fourth-order valence-electron chi connectivity index (χ4n) is 1.37. The van der Waals surface area contributed by atoms with Crippen LogP contribution in [0.2, 0.25) is 3.63 Å². The van der Waals surface area contributed by atoms with Crippen molar-refractivity contribution in [2.45, 2.75) is 3.63 Å². The average molecular weight is 320 g/mol. The van der Waals surface area contributed by atoms with Crippen molar-refractivity contribution in [2.75, 3.05) is 0 Å². The van der Waals surface area contributed by atoms with Crippen LogP contribution in [0.15, 0.2) is 54.6 Å². The molecule has 1 aliphatic carbocycles. The molecule has 15 heavy (non-hydrogen) atoms. The molecule has 0 fully saturated rings. The molecule has 0 radical (unpaired) electrons. The second-order valence-corrected chi connectivity index (χ2v) is 16.0. The summed E-state index contributed by atoms with van der Waals surface area (Å²) in [6.07, 6.45) is 7.91. The van der Waals surface area contributed by atoms with E-state index in [0.29, 0.717) is 0 Å². The zero-order valence-corrected chi connectivity index (χ0v) is 11.9. The van der Waals surface area contributed by atoms with E-state index in [9.17, 15) is 0 Å². The van der Waals surface area contributed by atoms with Gasteiger partial charge < -0.3 is 0 Å². The Morgan fingerprint density at radius 3 is 2.20 bits per heavy atom. The van der Waals surface area contributed by atoms with Gasteiger partial charge in [-0.1, -0.05) is 0 Å². The summed E-state index contributed by atoms with van der Waals surface area (Å²) in [4.78, 5) is 0. The SMILES string of the molecule is [Cl][Zr]([Cl])([O]c1ccccc1)[CH]1C=CC=C1. The first-order chi connectivity index (χ1) is 7.18. The van der Waals surface area contributed by atoms with Crippen LogP contribution < -0.4 is 2.81 Å². The van der Waals surface area contributed by atoms with E-state index in [2.05, 4.69) is 0 Å². The van der Waals surface area contributed by atoms with E-state index in [1.54, 1.807) is 0 Å². The van der Waals surface area contributed by atoms with Gasteiger partial charge in [-0.3, -0.25) is 0 Å². The summed E-state index contributed by atoms with van der Waals surface area (Å²) in [5.74, 6) is 0.756. The van der Waals surface area contributed by atoms with Crippen LogP contribution in [-0.4, -0.2) is 0 Å². The van der Waals surface area contributed by atoms with Crippen molar-refractivity contribution in [1.82, 2.24) is 0 Å². The van der Waals surface area contributed by atoms with E-state index in [1.165, 1.54) is 0 Å². The van der Waals surface area contributed by atoms with Crippen molar-refractivity contribution in [3.63, 3.8) is 0 Å². The summed E-state index contributed by atoms with van der Waals surface area (Å²) >= 11 is -3.51. The summed E-state index contributed by atoms with van der Waals surface area (Å²) in [6.45, 7) is 0. The third kappa shape index (κ3) is 2.96. The normalized spacial score (nSPS) is 15.9. The van der Waals surface area contributed by atoms with Gasteiger partial charge in [-0.05, 0) is 0 Å². The first kappa shape index (κ1) is 11.4. The Bertz CT molecular complexity index is 375. The maximum atomic E-state index is 6.33. The molecule has 1 aromatic carbocycles. The van der Waals surface area contributed by atoms with Gasteiger partial charge in [-0.2, -0.15) is 0 Å². The first-order valence-electron chi connectivity index (χ1n) is 4.65. The second-order valence-electron chi connectivity index (χ2n) is 3.27. The molecule has 0 spiro atoms. The molecular formula is C11H10Cl2OZr. The number of benzene rings is 1. The van der Waals surface area contributed by atoms with Crippen LogP contribution in [0, 0.1) is 0 Å². The standard InChI is InChI=1S/C6H6O.C5H5.2ClH.Zr/c7-6-4-2-1-3-5-6;1-2-4-5-3-1;;;/h1-5,7H;1-5H;2*1H;/q;;;;+3/p-3. The number of rotatable bonds is 3. The fourth-order valence-corrected chi connectivity index (χ4v) is 7.23. The molecule has 0 heterocycles. The van der Waals surface area contributed by atoms with Gasteiger partial charge in [0, 0.05) is 0 Å². The van der Waals surface area contributed by atoms with Crippen molar-refractivity contribution in [3.05, 3.63) is 54.6 Å². The van der Waals surface area contributed by atoms with Gasteiger partial charge in [0.2, 0.25) is 0 Å². The van der Waals surface area contributed by atoms with Crippen LogP contribution in [0.1, 0.15) is 0 Å². The molecule has 0 saturated heterocycles. The molecule has 0 N–H and O–H groups in total. The number of para-hydroxylation sites is 1. The van der Waals surface area contributed by atoms with Gasteiger partial charge in [0.1, 0.15) is 0 Å². The van der Waals surface area contributed by atoms with Crippen molar-refractivity contribution < 1.29 is 21.1 Å². The number of halogens is 2. The van der Waals surface area contributed by atoms with Crippen LogP contribution in [0.3, 0.4) is 0 Å².